The van der Waals surface area contributed by atoms with Gasteiger partial charge in [-0.05, 0) is 5.56 Å². The first-order chi connectivity index (χ1) is 7.77. The molecule has 1 heterocycles. The minimum Gasteiger partial charge on any atom is -0.462 e. The maximum Gasteiger partial charge on any atom is 0.229 e. The minimum atomic E-state index is -0.421. The second-order valence-corrected chi connectivity index (χ2v) is 4.36. The van der Waals surface area contributed by atoms with Crippen molar-refractivity contribution in [3.63, 3.8) is 0 Å². The molecular weight excluding hydrogens is 272 g/mol. The van der Waals surface area contributed by atoms with Gasteiger partial charge in [0.15, 0.2) is 11.5 Å². The van der Waals surface area contributed by atoms with E-state index in [0.29, 0.717) is 12.2 Å². The predicted molar refractivity (Wildman–Crippen MR) is 63.0 cm³/mol. The first-order valence-corrected chi connectivity index (χ1v) is 5.84. The van der Waals surface area contributed by atoms with Crippen LogP contribution in [0.3, 0.4) is 0 Å². The van der Waals surface area contributed by atoms with Crippen molar-refractivity contribution in [2.75, 3.05) is 6.79 Å². The van der Waals surface area contributed by atoms with Crippen LogP contribution in [0.4, 0.5) is 0 Å². The van der Waals surface area contributed by atoms with Crippen LogP contribution in [0.2, 0.25) is 0 Å². The van der Waals surface area contributed by atoms with Gasteiger partial charge in [0.05, 0.1) is 0 Å². The Morgan fingerprint density at radius 1 is 1.38 bits per heavy atom. The summed E-state index contributed by atoms with van der Waals surface area (Å²) >= 11 is 3.30. The van der Waals surface area contributed by atoms with Crippen molar-refractivity contribution in [1.82, 2.24) is 0 Å². The van der Waals surface area contributed by atoms with Crippen LogP contribution in [0.25, 0.3) is 0 Å². The number of hydrogen-bond donors (Lipinski definition) is 0. The molecule has 1 unspecified atom stereocenters. The Morgan fingerprint density at radius 3 is 2.75 bits per heavy atom. The molecule has 1 aromatic carbocycles. The first kappa shape index (κ1) is 11.2. The smallest absolute Gasteiger partial charge is 0.229 e. The fourth-order valence-electron chi connectivity index (χ4n) is 1.43. The highest BCUT2D eigenvalue weighted by molar-refractivity contribution is 9.10. The fraction of sp³-hybridized carbons (Fsp3) is 0.250. The van der Waals surface area contributed by atoms with Gasteiger partial charge >= 0.3 is 0 Å². The standard InChI is InChI=1S/C12H11BrO3/c13-12(11-7-15-8-16-11)10(14)6-9-4-2-1-3-5-9/h1-5,7,12H,6,8H2. The summed E-state index contributed by atoms with van der Waals surface area (Å²) in [5, 5.41) is 0. The highest BCUT2D eigenvalue weighted by atomic mass is 79.9. The molecule has 0 aromatic heterocycles. The van der Waals surface area contributed by atoms with Gasteiger partial charge < -0.3 is 9.47 Å². The van der Waals surface area contributed by atoms with Crippen molar-refractivity contribution >= 4 is 21.7 Å². The lowest BCUT2D eigenvalue weighted by molar-refractivity contribution is -0.117. The van der Waals surface area contributed by atoms with Crippen molar-refractivity contribution in [2.45, 2.75) is 11.2 Å². The lowest BCUT2D eigenvalue weighted by Gasteiger charge is -2.08. The maximum atomic E-state index is 11.9. The second-order valence-electron chi connectivity index (χ2n) is 3.44. The topological polar surface area (TPSA) is 35.5 Å². The molecule has 1 aliphatic heterocycles. The van der Waals surface area contributed by atoms with Crippen LogP contribution < -0.4 is 0 Å². The zero-order valence-electron chi connectivity index (χ0n) is 8.56. The second kappa shape index (κ2) is 5.16. The molecule has 84 valence electrons. The number of alkyl halides is 1. The average Bonchev–Trinajstić information content (AvgIpc) is 2.83. The van der Waals surface area contributed by atoms with E-state index in [-0.39, 0.29) is 12.6 Å². The van der Waals surface area contributed by atoms with E-state index in [1.165, 1.54) is 6.26 Å². The summed E-state index contributed by atoms with van der Waals surface area (Å²) in [5.41, 5.74) is 0.997. The van der Waals surface area contributed by atoms with Gasteiger partial charge in [-0.2, -0.15) is 0 Å². The molecule has 16 heavy (non-hydrogen) atoms. The lowest BCUT2D eigenvalue weighted by Crippen LogP contribution is -2.19. The van der Waals surface area contributed by atoms with Crippen LogP contribution in [0.1, 0.15) is 5.56 Å². The van der Waals surface area contributed by atoms with E-state index in [1.54, 1.807) is 0 Å². The fourth-order valence-corrected chi connectivity index (χ4v) is 1.83. The molecule has 2 rings (SSSR count). The van der Waals surface area contributed by atoms with Crippen molar-refractivity contribution in [3.8, 4) is 0 Å². The largest absolute Gasteiger partial charge is 0.462 e. The Morgan fingerprint density at radius 2 is 2.12 bits per heavy atom. The molecule has 0 aliphatic carbocycles. The lowest BCUT2D eigenvalue weighted by atomic mass is 10.1. The number of carbonyl (C=O) groups is 1. The van der Waals surface area contributed by atoms with Gasteiger partial charge in [-0.15, -0.1) is 0 Å². The maximum absolute atomic E-state index is 11.9. The van der Waals surface area contributed by atoms with Crippen LogP contribution in [-0.2, 0) is 20.7 Å². The third-order valence-electron chi connectivity index (χ3n) is 2.25. The Bertz CT molecular complexity index is 400. The monoisotopic (exact) mass is 282 g/mol. The van der Waals surface area contributed by atoms with E-state index in [1.807, 2.05) is 30.3 Å². The Labute approximate surface area is 102 Å². The van der Waals surface area contributed by atoms with Crippen LogP contribution in [0, 0.1) is 0 Å². The molecule has 0 spiro atoms. The molecule has 0 fully saturated rings. The molecule has 3 nitrogen and oxygen atoms in total. The van der Waals surface area contributed by atoms with E-state index in [0.717, 1.165) is 5.56 Å². The average molecular weight is 283 g/mol. The highest BCUT2D eigenvalue weighted by Gasteiger charge is 2.24. The summed E-state index contributed by atoms with van der Waals surface area (Å²) < 4.78 is 10.1. The van der Waals surface area contributed by atoms with Crippen molar-refractivity contribution in [3.05, 3.63) is 47.9 Å². The molecule has 0 saturated carbocycles. The molecule has 0 amide bonds. The zero-order chi connectivity index (χ0) is 11.4. The van der Waals surface area contributed by atoms with E-state index in [9.17, 15) is 4.79 Å². The first-order valence-electron chi connectivity index (χ1n) is 4.92. The van der Waals surface area contributed by atoms with Gasteiger partial charge in [-0.25, -0.2) is 0 Å². The van der Waals surface area contributed by atoms with E-state index >= 15 is 0 Å². The number of ketones is 1. The number of ether oxygens (including phenoxy) is 2. The Kier molecular flexibility index (Phi) is 3.62. The third-order valence-corrected chi connectivity index (χ3v) is 3.21. The van der Waals surface area contributed by atoms with E-state index in [2.05, 4.69) is 15.9 Å². The zero-order valence-corrected chi connectivity index (χ0v) is 10.1. The number of rotatable bonds is 4. The van der Waals surface area contributed by atoms with Crippen molar-refractivity contribution in [1.29, 1.82) is 0 Å². The van der Waals surface area contributed by atoms with Crippen LogP contribution in [0.15, 0.2) is 42.4 Å². The van der Waals surface area contributed by atoms with Crippen molar-refractivity contribution < 1.29 is 14.3 Å². The van der Waals surface area contributed by atoms with Gasteiger partial charge in [-0.1, -0.05) is 46.3 Å². The van der Waals surface area contributed by atoms with Crippen molar-refractivity contribution in [2.24, 2.45) is 0 Å². The number of allylic oxidation sites excluding steroid dienone is 1. The number of Topliss-reactive ketones (excluding diaryl/α,β-unsaturated/α-hetero) is 1. The summed E-state index contributed by atoms with van der Waals surface area (Å²) in [7, 11) is 0. The summed E-state index contributed by atoms with van der Waals surface area (Å²) in [4.78, 5) is 11.5. The van der Waals surface area contributed by atoms with E-state index < -0.39 is 4.83 Å². The highest BCUT2D eigenvalue weighted by Crippen LogP contribution is 2.20. The molecular formula is C12H11BrO3. The Hall–Kier alpha value is -1.29. The summed E-state index contributed by atoms with van der Waals surface area (Å²) in [6, 6.07) is 9.62. The normalized spacial score (nSPS) is 15.9. The SMILES string of the molecule is O=C(Cc1ccccc1)C(Br)C1=COCO1. The van der Waals surface area contributed by atoms with Gasteiger partial charge in [0.2, 0.25) is 6.79 Å². The predicted octanol–water partition coefficient (Wildman–Crippen LogP) is 2.41. The Balaban J connectivity index is 1.98. The number of benzene rings is 1. The van der Waals surface area contributed by atoms with Gasteiger partial charge in [-0.3, -0.25) is 4.79 Å². The number of carbonyl (C=O) groups excluding carboxylic acids is 1. The van der Waals surface area contributed by atoms with Crippen LogP contribution in [-0.4, -0.2) is 17.4 Å². The molecule has 0 radical (unpaired) electrons. The van der Waals surface area contributed by atoms with Crippen LogP contribution in [0.5, 0.6) is 0 Å². The molecule has 4 heteroatoms. The molecule has 1 atom stereocenters. The van der Waals surface area contributed by atoms with Gasteiger partial charge in [0.1, 0.15) is 11.1 Å². The van der Waals surface area contributed by atoms with Gasteiger partial charge in [0, 0.05) is 6.42 Å². The number of hydrogen-bond acceptors (Lipinski definition) is 3. The molecule has 1 aliphatic rings. The minimum absolute atomic E-state index is 0.0583. The van der Waals surface area contributed by atoms with E-state index in [4.69, 9.17) is 9.47 Å². The third kappa shape index (κ3) is 2.64. The molecule has 0 saturated heterocycles. The summed E-state index contributed by atoms with van der Waals surface area (Å²) in [6.07, 6.45) is 1.86. The summed E-state index contributed by atoms with van der Waals surface area (Å²) in [6.45, 7) is 0.191. The summed E-state index contributed by atoms with van der Waals surface area (Å²) in [5.74, 6) is 0.601. The molecule has 0 bridgehead atoms. The molecule has 1 aromatic rings. The number of halogens is 1. The quantitative estimate of drug-likeness (QED) is 0.796. The molecule has 0 N–H and O–H groups in total. The van der Waals surface area contributed by atoms with Gasteiger partial charge in [0.25, 0.3) is 0 Å². The van der Waals surface area contributed by atoms with Crippen LogP contribution >= 0.6 is 15.9 Å².